The largest absolute Gasteiger partial charge is 0.494 e. The highest BCUT2D eigenvalue weighted by atomic mass is 16.5. The quantitative estimate of drug-likeness (QED) is 0.699. The summed E-state index contributed by atoms with van der Waals surface area (Å²) < 4.78 is 5.22. The molecule has 1 aliphatic rings. The maximum atomic E-state index is 12.1. The molecule has 20 heavy (non-hydrogen) atoms. The normalized spacial score (nSPS) is 16.4. The lowest BCUT2D eigenvalue weighted by molar-refractivity contribution is -0.117. The molecule has 2 rings (SSSR count). The van der Waals surface area contributed by atoms with E-state index in [2.05, 4.69) is 15.5 Å². The molecule has 0 aromatic heterocycles. The summed E-state index contributed by atoms with van der Waals surface area (Å²) in [5.41, 5.74) is 6.95. The fourth-order valence-electron chi connectivity index (χ4n) is 2.26. The molecule has 6 nitrogen and oxygen atoms in total. The number of amides is 1. The Labute approximate surface area is 119 Å². The lowest BCUT2D eigenvalue weighted by Gasteiger charge is -2.19. The van der Waals surface area contributed by atoms with Crippen molar-refractivity contribution >= 4 is 17.3 Å². The Morgan fingerprint density at radius 3 is 3.10 bits per heavy atom. The number of ether oxygens (including phenoxy) is 1. The molecular formula is C14H22N4O2. The average Bonchev–Trinajstić information content (AvgIpc) is 2.69. The van der Waals surface area contributed by atoms with E-state index in [1.54, 1.807) is 25.3 Å². The van der Waals surface area contributed by atoms with Crippen LogP contribution in [-0.2, 0) is 4.79 Å². The highest BCUT2D eigenvalue weighted by Crippen LogP contribution is 2.26. The van der Waals surface area contributed by atoms with Crippen LogP contribution < -0.4 is 21.1 Å². The predicted octanol–water partition coefficient (Wildman–Crippen LogP) is 0.511. The first kappa shape index (κ1) is 14.6. The molecule has 0 saturated carbocycles. The van der Waals surface area contributed by atoms with E-state index in [0.29, 0.717) is 23.7 Å². The van der Waals surface area contributed by atoms with Gasteiger partial charge in [0.1, 0.15) is 5.75 Å². The third-order valence-electron chi connectivity index (χ3n) is 3.30. The van der Waals surface area contributed by atoms with Crippen molar-refractivity contribution in [2.24, 2.45) is 0 Å². The van der Waals surface area contributed by atoms with Crippen LogP contribution in [-0.4, -0.2) is 50.6 Å². The molecule has 0 unspecified atom stereocenters. The highest BCUT2D eigenvalue weighted by Gasteiger charge is 2.14. The van der Waals surface area contributed by atoms with Gasteiger partial charge in [0.15, 0.2) is 0 Å². The van der Waals surface area contributed by atoms with E-state index < -0.39 is 0 Å². The summed E-state index contributed by atoms with van der Waals surface area (Å²) in [6, 6.07) is 5.20. The zero-order chi connectivity index (χ0) is 14.4. The second-order valence-corrected chi connectivity index (χ2v) is 4.89. The van der Waals surface area contributed by atoms with Gasteiger partial charge in [0.2, 0.25) is 5.91 Å². The number of benzene rings is 1. The zero-order valence-electron chi connectivity index (χ0n) is 11.8. The number of hydrogen-bond acceptors (Lipinski definition) is 5. The van der Waals surface area contributed by atoms with Crippen LogP contribution in [0, 0.1) is 0 Å². The van der Waals surface area contributed by atoms with Crippen molar-refractivity contribution in [3.05, 3.63) is 18.2 Å². The second-order valence-electron chi connectivity index (χ2n) is 4.89. The van der Waals surface area contributed by atoms with Crippen molar-refractivity contribution in [2.45, 2.75) is 6.42 Å². The molecule has 1 aromatic carbocycles. The molecule has 1 fully saturated rings. The lowest BCUT2D eigenvalue weighted by Crippen LogP contribution is -2.35. The fraction of sp³-hybridized carbons (Fsp3) is 0.500. The minimum absolute atomic E-state index is 0.0324. The van der Waals surface area contributed by atoms with Crippen LogP contribution in [0.2, 0.25) is 0 Å². The number of nitrogen functional groups attached to an aromatic ring is 1. The maximum Gasteiger partial charge on any atom is 0.238 e. The molecule has 110 valence electrons. The molecule has 0 radical (unpaired) electrons. The Morgan fingerprint density at radius 2 is 2.30 bits per heavy atom. The van der Waals surface area contributed by atoms with Crippen LogP contribution >= 0.6 is 0 Å². The molecule has 1 saturated heterocycles. The van der Waals surface area contributed by atoms with E-state index in [4.69, 9.17) is 10.5 Å². The van der Waals surface area contributed by atoms with Gasteiger partial charge in [-0.25, -0.2) is 0 Å². The monoisotopic (exact) mass is 278 g/mol. The van der Waals surface area contributed by atoms with Crippen LogP contribution in [0.5, 0.6) is 5.75 Å². The summed E-state index contributed by atoms with van der Waals surface area (Å²) in [4.78, 5) is 14.2. The van der Waals surface area contributed by atoms with Crippen LogP contribution in [0.25, 0.3) is 0 Å². The number of carbonyl (C=O) groups is 1. The molecule has 0 aliphatic carbocycles. The lowest BCUT2D eigenvalue weighted by atomic mass is 10.2. The smallest absolute Gasteiger partial charge is 0.238 e. The molecular weight excluding hydrogens is 256 g/mol. The van der Waals surface area contributed by atoms with E-state index in [-0.39, 0.29) is 5.91 Å². The minimum Gasteiger partial charge on any atom is -0.494 e. The molecule has 6 heteroatoms. The standard InChI is InChI=1S/C14H22N4O2/c1-20-13-9-11(15)3-4-12(13)17-14(19)10-18-7-2-5-16-6-8-18/h3-4,9,16H,2,5-8,10,15H2,1H3,(H,17,19). The third-order valence-corrected chi connectivity index (χ3v) is 3.30. The molecule has 1 heterocycles. The number of nitrogens with two attached hydrogens (primary N) is 1. The van der Waals surface area contributed by atoms with E-state index in [1.165, 1.54) is 0 Å². The highest BCUT2D eigenvalue weighted by molar-refractivity contribution is 5.94. The maximum absolute atomic E-state index is 12.1. The van der Waals surface area contributed by atoms with Crippen LogP contribution in [0.4, 0.5) is 11.4 Å². The van der Waals surface area contributed by atoms with Crippen molar-refractivity contribution in [1.82, 2.24) is 10.2 Å². The molecule has 0 bridgehead atoms. The summed E-state index contributed by atoms with van der Waals surface area (Å²) in [5.74, 6) is 0.547. The number of nitrogens with zero attached hydrogens (tertiary/aromatic N) is 1. The minimum atomic E-state index is -0.0324. The Bertz CT molecular complexity index is 456. The van der Waals surface area contributed by atoms with E-state index in [9.17, 15) is 4.79 Å². The summed E-state index contributed by atoms with van der Waals surface area (Å²) in [7, 11) is 1.56. The summed E-state index contributed by atoms with van der Waals surface area (Å²) in [5, 5.41) is 6.19. The van der Waals surface area contributed by atoms with Crippen molar-refractivity contribution < 1.29 is 9.53 Å². The van der Waals surface area contributed by atoms with Gasteiger partial charge in [-0.3, -0.25) is 9.69 Å². The van der Waals surface area contributed by atoms with Gasteiger partial charge < -0.3 is 21.1 Å². The molecule has 0 spiro atoms. The predicted molar refractivity (Wildman–Crippen MR) is 80.0 cm³/mol. The van der Waals surface area contributed by atoms with Gasteiger partial charge >= 0.3 is 0 Å². The zero-order valence-corrected chi connectivity index (χ0v) is 11.8. The molecule has 1 amide bonds. The number of carbonyl (C=O) groups excluding carboxylic acids is 1. The van der Waals surface area contributed by atoms with Crippen LogP contribution in [0.1, 0.15) is 6.42 Å². The first-order valence-electron chi connectivity index (χ1n) is 6.85. The summed E-state index contributed by atoms with van der Waals surface area (Å²) >= 11 is 0. The number of nitrogens with one attached hydrogen (secondary N) is 2. The van der Waals surface area contributed by atoms with Gasteiger partial charge in [-0.15, -0.1) is 0 Å². The second kappa shape index (κ2) is 7.12. The van der Waals surface area contributed by atoms with Gasteiger partial charge in [-0.2, -0.15) is 0 Å². The van der Waals surface area contributed by atoms with Crippen molar-refractivity contribution in [3.8, 4) is 5.75 Å². The van der Waals surface area contributed by atoms with E-state index in [0.717, 1.165) is 32.6 Å². The van der Waals surface area contributed by atoms with Crippen LogP contribution in [0.15, 0.2) is 18.2 Å². The Morgan fingerprint density at radius 1 is 1.45 bits per heavy atom. The number of hydrogen-bond donors (Lipinski definition) is 3. The van der Waals surface area contributed by atoms with E-state index >= 15 is 0 Å². The summed E-state index contributed by atoms with van der Waals surface area (Å²) in [6.45, 7) is 4.18. The number of rotatable bonds is 4. The van der Waals surface area contributed by atoms with Crippen molar-refractivity contribution in [1.29, 1.82) is 0 Å². The molecule has 0 atom stereocenters. The van der Waals surface area contributed by atoms with Gasteiger partial charge in [0.05, 0.1) is 19.3 Å². The van der Waals surface area contributed by atoms with Gasteiger partial charge in [0.25, 0.3) is 0 Å². The first-order chi connectivity index (χ1) is 9.69. The molecule has 4 N–H and O–H groups in total. The topological polar surface area (TPSA) is 79.6 Å². The first-order valence-corrected chi connectivity index (χ1v) is 6.85. The van der Waals surface area contributed by atoms with Crippen LogP contribution in [0.3, 0.4) is 0 Å². The number of methoxy groups -OCH3 is 1. The van der Waals surface area contributed by atoms with Gasteiger partial charge in [-0.1, -0.05) is 0 Å². The Kier molecular flexibility index (Phi) is 5.20. The average molecular weight is 278 g/mol. The van der Waals surface area contributed by atoms with Crippen molar-refractivity contribution in [2.75, 3.05) is 50.9 Å². The molecule has 1 aliphatic heterocycles. The summed E-state index contributed by atoms with van der Waals surface area (Å²) in [6.07, 6.45) is 1.07. The SMILES string of the molecule is COc1cc(N)ccc1NC(=O)CN1CCCNCC1. The number of anilines is 2. The van der Waals surface area contributed by atoms with Crippen molar-refractivity contribution in [3.63, 3.8) is 0 Å². The van der Waals surface area contributed by atoms with Gasteiger partial charge in [0, 0.05) is 24.8 Å². The van der Waals surface area contributed by atoms with Gasteiger partial charge in [-0.05, 0) is 31.6 Å². The fourth-order valence-corrected chi connectivity index (χ4v) is 2.26. The van der Waals surface area contributed by atoms with E-state index in [1.807, 2.05) is 0 Å². The Balaban J connectivity index is 1.93. The molecule has 1 aromatic rings. The Hall–Kier alpha value is -1.79. The third kappa shape index (κ3) is 4.11.